The maximum Gasteiger partial charge on any atom is 0.226 e. The third kappa shape index (κ3) is 3.13. The van der Waals surface area contributed by atoms with Gasteiger partial charge in [-0.2, -0.15) is 10.1 Å². The number of nitrogens with zero attached hydrogens (tertiary/aromatic N) is 3. The van der Waals surface area contributed by atoms with Gasteiger partial charge in [-0.05, 0) is 58.1 Å². The number of Topliss-reactive ketones (excluding diaryl/α,β-unsaturated/α-hetero) is 1. The highest BCUT2D eigenvalue weighted by atomic mass is 79.9. The Morgan fingerprint density at radius 2 is 2.00 bits per heavy atom. The average molecular weight is 487 g/mol. The van der Waals surface area contributed by atoms with E-state index in [1.807, 2.05) is 30.3 Å². The normalized spacial score (nSPS) is 20.4. The number of carbonyl (C=O) groups excluding carboxylic acids is 1. The van der Waals surface area contributed by atoms with E-state index in [1.165, 1.54) is 6.33 Å². The predicted octanol–water partition coefficient (Wildman–Crippen LogP) is 4.54. The monoisotopic (exact) mass is 486 g/mol. The van der Waals surface area contributed by atoms with Crippen LogP contribution in [-0.2, 0) is 4.79 Å². The molecule has 7 nitrogen and oxygen atoms in total. The van der Waals surface area contributed by atoms with Gasteiger partial charge in [0.15, 0.2) is 17.3 Å². The number of thiophene rings is 1. The summed E-state index contributed by atoms with van der Waals surface area (Å²) in [6, 6.07) is 9.63. The van der Waals surface area contributed by atoms with Crippen LogP contribution in [0.25, 0.3) is 0 Å². The summed E-state index contributed by atoms with van der Waals surface area (Å²) in [4.78, 5) is 18.8. The Hall–Kier alpha value is -2.65. The maximum atomic E-state index is 13.4. The van der Waals surface area contributed by atoms with E-state index in [4.69, 9.17) is 9.47 Å². The standard InChI is InChI=1S/C21H19BrN4O3S/c1-28-15-4-3-11(9-16(15)29-2)12-7-13-19(14(27)8-12)20(17-5-6-18(22)30-17)26-21(25-13)23-10-24-26/h3-6,9-10,12,20H,7-8H2,1-2H3,(H,23,24,25)/t12-,20-/m1/s1. The first-order valence-corrected chi connectivity index (χ1v) is 11.1. The van der Waals surface area contributed by atoms with Crippen LogP contribution in [0.5, 0.6) is 11.5 Å². The molecule has 2 atom stereocenters. The highest BCUT2D eigenvalue weighted by Gasteiger charge is 2.39. The molecule has 0 unspecified atom stereocenters. The van der Waals surface area contributed by atoms with E-state index in [0.717, 1.165) is 25.5 Å². The van der Waals surface area contributed by atoms with Gasteiger partial charge in [0.25, 0.3) is 0 Å². The second-order valence-electron chi connectivity index (χ2n) is 7.23. The van der Waals surface area contributed by atoms with E-state index in [1.54, 1.807) is 30.2 Å². The van der Waals surface area contributed by atoms with Gasteiger partial charge in [-0.15, -0.1) is 11.3 Å². The van der Waals surface area contributed by atoms with Crippen LogP contribution < -0.4 is 14.8 Å². The minimum Gasteiger partial charge on any atom is -0.493 e. The fraction of sp³-hybridized carbons (Fsp3) is 0.286. The van der Waals surface area contributed by atoms with Crippen molar-refractivity contribution in [3.8, 4) is 11.5 Å². The zero-order valence-electron chi connectivity index (χ0n) is 16.4. The first-order valence-electron chi connectivity index (χ1n) is 9.49. The van der Waals surface area contributed by atoms with Crippen molar-refractivity contribution in [3.63, 3.8) is 0 Å². The Bertz CT molecular complexity index is 1170. The van der Waals surface area contributed by atoms with E-state index in [9.17, 15) is 4.79 Å². The fourth-order valence-corrected chi connectivity index (χ4v) is 5.75. The second kappa shape index (κ2) is 7.55. The molecular formula is C21H19BrN4O3S. The van der Waals surface area contributed by atoms with Gasteiger partial charge in [-0.3, -0.25) is 4.79 Å². The summed E-state index contributed by atoms with van der Waals surface area (Å²) in [6.07, 6.45) is 2.67. The Morgan fingerprint density at radius 1 is 1.17 bits per heavy atom. The molecule has 5 rings (SSSR count). The highest BCUT2D eigenvalue weighted by Crippen LogP contribution is 2.46. The van der Waals surface area contributed by atoms with Gasteiger partial charge < -0.3 is 14.8 Å². The third-order valence-corrected chi connectivity index (χ3v) is 7.28. The SMILES string of the molecule is COc1ccc([C@H]2CC(=O)C3=C(C2)Nc2ncnn2[C@@H]3c2ccc(Br)s2)cc1OC. The second-order valence-corrected chi connectivity index (χ2v) is 9.73. The summed E-state index contributed by atoms with van der Waals surface area (Å²) < 4.78 is 13.6. The molecule has 0 bridgehead atoms. The smallest absolute Gasteiger partial charge is 0.226 e. The Morgan fingerprint density at radius 3 is 2.73 bits per heavy atom. The van der Waals surface area contributed by atoms with E-state index in [0.29, 0.717) is 30.3 Å². The lowest BCUT2D eigenvalue weighted by molar-refractivity contribution is -0.116. The lowest BCUT2D eigenvalue weighted by Gasteiger charge is -2.34. The molecule has 1 aliphatic carbocycles. The largest absolute Gasteiger partial charge is 0.493 e. The van der Waals surface area contributed by atoms with Gasteiger partial charge in [-0.1, -0.05) is 6.07 Å². The van der Waals surface area contributed by atoms with Crippen LogP contribution >= 0.6 is 27.3 Å². The van der Waals surface area contributed by atoms with E-state index in [2.05, 4.69) is 31.3 Å². The number of nitrogens with one attached hydrogen (secondary N) is 1. The average Bonchev–Trinajstić information content (AvgIpc) is 3.40. The zero-order valence-corrected chi connectivity index (χ0v) is 18.8. The molecule has 9 heteroatoms. The van der Waals surface area contributed by atoms with Crippen molar-refractivity contribution in [3.05, 3.63) is 62.2 Å². The quantitative estimate of drug-likeness (QED) is 0.583. The van der Waals surface area contributed by atoms with E-state index < -0.39 is 0 Å². The predicted molar refractivity (Wildman–Crippen MR) is 117 cm³/mol. The van der Waals surface area contributed by atoms with Crippen molar-refractivity contribution in [2.24, 2.45) is 0 Å². The number of ether oxygens (including phenoxy) is 2. The third-order valence-electron chi connectivity index (χ3n) is 5.60. The number of ketones is 1. The molecule has 0 radical (unpaired) electrons. The van der Waals surface area contributed by atoms with Crippen LogP contribution in [0.2, 0.25) is 0 Å². The fourth-order valence-electron chi connectivity index (χ4n) is 4.23. The number of carbonyl (C=O) groups is 1. The van der Waals surface area contributed by atoms with Gasteiger partial charge in [0, 0.05) is 22.6 Å². The first-order chi connectivity index (χ1) is 14.6. The molecule has 3 aromatic rings. The van der Waals surface area contributed by atoms with Crippen LogP contribution in [0.15, 0.2) is 51.7 Å². The number of allylic oxidation sites excluding steroid dienone is 2. The molecule has 154 valence electrons. The molecule has 1 aliphatic heterocycles. The Balaban J connectivity index is 1.55. The lowest BCUT2D eigenvalue weighted by atomic mass is 9.79. The summed E-state index contributed by atoms with van der Waals surface area (Å²) in [5.41, 5.74) is 2.75. The van der Waals surface area contributed by atoms with Gasteiger partial charge in [0.2, 0.25) is 5.95 Å². The number of aromatic nitrogens is 3. The minimum absolute atomic E-state index is 0.0498. The van der Waals surface area contributed by atoms with Crippen LogP contribution in [0.1, 0.15) is 35.2 Å². The number of hydrogen-bond acceptors (Lipinski definition) is 7. The summed E-state index contributed by atoms with van der Waals surface area (Å²) in [7, 11) is 3.23. The molecule has 0 saturated heterocycles. The van der Waals surface area contributed by atoms with Crippen LogP contribution in [0.4, 0.5) is 5.95 Å². The Kier molecular flexibility index (Phi) is 4.86. The van der Waals surface area contributed by atoms with Crippen LogP contribution in [0, 0.1) is 0 Å². The van der Waals surface area contributed by atoms with Crippen molar-refractivity contribution in [1.82, 2.24) is 14.8 Å². The van der Waals surface area contributed by atoms with Gasteiger partial charge in [0.05, 0.1) is 18.0 Å². The van der Waals surface area contributed by atoms with Crippen LogP contribution in [0.3, 0.4) is 0 Å². The molecule has 1 N–H and O–H groups in total. The molecule has 0 saturated carbocycles. The molecule has 3 heterocycles. The summed E-state index contributed by atoms with van der Waals surface area (Å²) >= 11 is 5.14. The number of anilines is 1. The van der Waals surface area contributed by atoms with Crippen molar-refractivity contribution in [1.29, 1.82) is 0 Å². The number of fused-ring (bicyclic) bond motifs is 1. The number of halogens is 1. The molecule has 0 amide bonds. The van der Waals surface area contributed by atoms with Gasteiger partial charge in [0.1, 0.15) is 12.4 Å². The zero-order chi connectivity index (χ0) is 20.8. The van der Waals surface area contributed by atoms with Crippen molar-refractivity contribution < 1.29 is 14.3 Å². The minimum atomic E-state index is -0.256. The molecule has 2 aliphatic rings. The lowest BCUT2D eigenvalue weighted by Crippen LogP contribution is -2.33. The molecule has 0 spiro atoms. The summed E-state index contributed by atoms with van der Waals surface area (Å²) in [5, 5.41) is 7.74. The summed E-state index contributed by atoms with van der Waals surface area (Å²) in [5.74, 6) is 2.17. The molecule has 30 heavy (non-hydrogen) atoms. The van der Waals surface area contributed by atoms with Crippen molar-refractivity contribution >= 4 is 39.0 Å². The number of hydrogen-bond donors (Lipinski definition) is 1. The van der Waals surface area contributed by atoms with Gasteiger partial charge in [-0.25, -0.2) is 4.68 Å². The molecular weight excluding hydrogens is 468 g/mol. The number of benzene rings is 1. The van der Waals surface area contributed by atoms with E-state index in [-0.39, 0.29) is 17.7 Å². The van der Waals surface area contributed by atoms with Crippen molar-refractivity contribution in [2.45, 2.75) is 24.8 Å². The first kappa shape index (κ1) is 19.3. The van der Waals surface area contributed by atoms with Crippen LogP contribution in [-0.4, -0.2) is 34.8 Å². The maximum absolute atomic E-state index is 13.4. The Labute approximate surface area is 185 Å². The number of methoxy groups -OCH3 is 2. The topological polar surface area (TPSA) is 78.3 Å². The molecule has 1 aromatic carbocycles. The van der Waals surface area contributed by atoms with Crippen molar-refractivity contribution in [2.75, 3.05) is 19.5 Å². The molecule has 2 aromatic heterocycles. The molecule has 0 fully saturated rings. The highest BCUT2D eigenvalue weighted by molar-refractivity contribution is 9.11. The number of rotatable bonds is 4. The van der Waals surface area contributed by atoms with E-state index >= 15 is 0 Å². The van der Waals surface area contributed by atoms with Gasteiger partial charge >= 0.3 is 0 Å². The summed E-state index contributed by atoms with van der Waals surface area (Å²) in [6.45, 7) is 0.